The highest BCUT2D eigenvalue weighted by Crippen LogP contribution is 2.26. The Morgan fingerprint density at radius 3 is 3.10 bits per heavy atom. The summed E-state index contributed by atoms with van der Waals surface area (Å²) >= 11 is 1.67. The quantitative estimate of drug-likeness (QED) is 0.464. The summed E-state index contributed by atoms with van der Waals surface area (Å²) in [7, 11) is 1.93. The highest BCUT2D eigenvalue weighted by molar-refractivity contribution is 7.98. The summed E-state index contributed by atoms with van der Waals surface area (Å²) in [4.78, 5) is 20.3. The van der Waals surface area contributed by atoms with Crippen molar-refractivity contribution in [3.05, 3.63) is 42.7 Å². The van der Waals surface area contributed by atoms with Crippen LogP contribution in [0.2, 0.25) is 0 Å². The molecule has 3 aromatic heterocycles. The first-order valence-corrected chi connectivity index (χ1v) is 7.46. The van der Waals surface area contributed by atoms with Gasteiger partial charge in [0.2, 0.25) is 0 Å². The van der Waals surface area contributed by atoms with Gasteiger partial charge in [-0.2, -0.15) is 0 Å². The molecule has 0 aliphatic rings. The van der Waals surface area contributed by atoms with Crippen molar-refractivity contribution in [1.29, 1.82) is 0 Å². The minimum Gasteiger partial charge on any atom is -0.345 e. The molecule has 0 spiro atoms. The molecule has 0 atom stereocenters. The van der Waals surface area contributed by atoms with E-state index in [-0.39, 0.29) is 0 Å². The average Bonchev–Trinajstić information content (AvgIpc) is 3.12. The number of nitrogens with zero attached hydrogens (tertiary/aromatic N) is 5. The van der Waals surface area contributed by atoms with Crippen molar-refractivity contribution < 1.29 is 0 Å². The Morgan fingerprint density at radius 1 is 1.19 bits per heavy atom. The van der Waals surface area contributed by atoms with Crippen molar-refractivity contribution in [2.45, 2.75) is 10.8 Å². The van der Waals surface area contributed by atoms with Crippen LogP contribution in [0.25, 0.3) is 22.2 Å². The van der Waals surface area contributed by atoms with Gasteiger partial charge in [0.15, 0.2) is 5.65 Å². The minimum atomic E-state index is 0.831. The number of thioether (sulfide) groups is 1. The third kappa shape index (κ3) is 2.15. The van der Waals surface area contributed by atoms with Gasteiger partial charge in [-0.25, -0.2) is 19.9 Å². The average molecular weight is 296 g/mol. The molecule has 6 nitrogen and oxygen atoms in total. The molecule has 3 heterocycles. The van der Waals surface area contributed by atoms with Crippen LogP contribution in [0.5, 0.6) is 0 Å². The standard InChI is InChI=1S/C14H12N6S/c1-20-8-19-12-13(20)17-7-18-14(12)21-5-9-2-3-10-11(4-9)16-6-15-10/h2-4,6-8H,5H2,1H3,(H,15,16). The number of benzene rings is 1. The monoisotopic (exact) mass is 296 g/mol. The molecule has 0 unspecified atom stereocenters. The number of imidazole rings is 2. The SMILES string of the molecule is Cn1cnc2c(SCc3ccc4nc[nH]c4c3)ncnc21. The van der Waals surface area contributed by atoms with Gasteiger partial charge in [0, 0.05) is 12.8 Å². The number of fused-ring (bicyclic) bond motifs is 2. The molecule has 4 rings (SSSR count). The highest BCUT2D eigenvalue weighted by Gasteiger charge is 2.09. The first kappa shape index (κ1) is 12.3. The predicted octanol–water partition coefficient (Wildman–Crippen LogP) is 2.53. The lowest BCUT2D eigenvalue weighted by Crippen LogP contribution is -1.91. The number of rotatable bonds is 3. The summed E-state index contributed by atoms with van der Waals surface area (Å²) < 4.78 is 1.90. The smallest absolute Gasteiger partial charge is 0.164 e. The molecular weight excluding hydrogens is 284 g/mol. The molecular formula is C14H12N6S. The second-order valence-corrected chi connectivity index (χ2v) is 5.71. The van der Waals surface area contributed by atoms with Crippen molar-refractivity contribution in [1.82, 2.24) is 29.5 Å². The third-order valence-corrected chi connectivity index (χ3v) is 4.37. The van der Waals surface area contributed by atoms with Crippen molar-refractivity contribution in [3.8, 4) is 0 Å². The molecule has 0 radical (unpaired) electrons. The van der Waals surface area contributed by atoms with Gasteiger partial charge in [-0.3, -0.25) is 0 Å². The van der Waals surface area contributed by atoms with E-state index in [1.165, 1.54) is 5.56 Å². The number of hydrogen-bond donors (Lipinski definition) is 1. The van der Waals surface area contributed by atoms with E-state index < -0.39 is 0 Å². The van der Waals surface area contributed by atoms with Gasteiger partial charge < -0.3 is 9.55 Å². The second kappa shape index (κ2) is 4.85. The molecule has 104 valence electrons. The first-order valence-electron chi connectivity index (χ1n) is 6.48. The molecule has 0 saturated carbocycles. The van der Waals surface area contributed by atoms with Gasteiger partial charge >= 0.3 is 0 Å². The molecule has 0 aliphatic carbocycles. The zero-order valence-electron chi connectivity index (χ0n) is 11.3. The van der Waals surface area contributed by atoms with E-state index in [1.54, 1.807) is 30.7 Å². The summed E-state index contributed by atoms with van der Waals surface area (Å²) in [5, 5.41) is 0.908. The summed E-state index contributed by atoms with van der Waals surface area (Å²) in [5.41, 5.74) is 4.97. The van der Waals surface area contributed by atoms with E-state index in [0.717, 1.165) is 33.0 Å². The van der Waals surface area contributed by atoms with Crippen LogP contribution in [-0.4, -0.2) is 29.5 Å². The fraction of sp³-hybridized carbons (Fsp3) is 0.143. The summed E-state index contributed by atoms with van der Waals surface area (Å²) in [6.45, 7) is 0. The van der Waals surface area contributed by atoms with Gasteiger partial charge in [0.1, 0.15) is 16.9 Å². The zero-order chi connectivity index (χ0) is 14.2. The molecule has 0 bridgehead atoms. The maximum atomic E-state index is 4.37. The molecule has 0 saturated heterocycles. The Balaban J connectivity index is 1.62. The minimum absolute atomic E-state index is 0.831. The summed E-state index contributed by atoms with van der Waals surface area (Å²) in [5.74, 6) is 0.831. The fourth-order valence-electron chi connectivity index (χ4n) is 2.25. The number of hydrogen-bond acceptors (Lipinski definition) is 5. The van der Waals surface area contributed by atoms with Crippen LogP contribution in [0.15, 0.2) is 42.2 Å². The maximum Gasteiger partial charge on any atom is 0.164 e. The van der Waals surface area contributed by atoms with Gasteiger partial charge in [-0.15, -0.1) is 0 Å². The van der Waals surface area contributed by atoms with Gasteiger partial charge in [-0.1, -0.05) is 17.8 Å². The molecule has 0 amide bonds. The Hall–Kier alpha value is -2.41. The molecule has 1 N–H and O–H groups in total. The van der Waals surface area contributed by atoms with Gasteiger partial charge in [0.25, 0.3) is 0 Å². The van der Waals surface area contributed by atoms with Crippen LogP contribution in [0.1, 0.15) is 5.56 Å². The van der Waals surface area contributed by atoms with Crippen molar-refractivity contribution >= 4 is 34.0 Å². The van der Waals surface area contributed by atoms with Crippen molar-refractivity contribution in [3.63, 3.8) is 0 Å². The van der Waals surface area contributed by atoms with Crippen LogP contribution < -0.4 is 0 Å². The van der Waals surface area contributed by atoms with Crippen LogP contribution in [0.3, 0.4) is 0 Å². The number of nitrogens with one attached hydrogen (secondary N) is 1. The first-order chi connectivity index (χ1) is 10.3. The maximum absolute atomic E-state index is 4.37. The lowest BCUT2D eigenvalue weighted by molar-refractivity contribution is 0.925. The summed E-state index contributed by atoms with van der Waals surface area (Å²) in [6.07, 6.45) is 5.06. The lowest BCUT2D eigenvalue weighted by atomic mass is 10.2. The Morgan fingerprint density at radius 2 is 2.14 bits per heavy atom. The van der Waals surface area contributed by atoms with Crippen LogP contribution in [0, 0.1) is 0 Å². The summed E-state index contributed by atoms with van der Waals surface area (Å²) in [6, 6.07) is 6.23. The molecule has 21 heavy (non-hydrogen) atoms. The number of aromatic nitrogens is 6. The Kier molecular flexibility index (Phi) is 2.85. The fourth-order valence-corrected chi connectivity index (χ4v) is 3.14. The van der Waals surface area contributed by atoms with E-state index in [4.69, 9.17) is 0 Å². The number of H-pyrrole nitrogens is 1. The molecule has 7 heteroatoms. The van der Waals surface area contributed by atoms with Crippen LogP contribution >= 0.6 is 11.8 Å². The molecule has 0 fully saturated rings. The van der Waals surface area contributed by atoms with Gasteiger partial charge in [-0.05, 0) is 17.7 Å². The highest BCUT2D eigenvalue weighted by atomic mass is 32.2. The van der Waals surface area contributed by atoms with Crippen LogP contribution in [-0.2, 0) is 12.8 Å². The van der Waals surface area contributed by atoms with Crippen molar-refractivity contribution in [2.75, 3.05) is 0 Å². The molecule has 0 aliphatic heterocycles. The normalized spacial score (nSPS) is 11.5. The van der Waals surface area contributed by atoms with E-state index in [1.807, 2.05) is 17.7 Å². The largest absolute Gasteiger partial charge is 0.345 e. The van der Waals surface area contributed by atoms with E-state index in [2.05, 4.69) is 37.1 Å². The second-order valence-electron chi connectivity index (χ2n) is 4.75. The Bertz CT molecular complexity index is 925. The van der Waals surface area contributed by atoms with Crippen molar-refractivity contribution in [2.24, 2.45) is 7.05 Å². The van der Waals surface area contributed by atoms with E-state index in [0.29, 0.717) is 0 Å². The van der Waals surface area contributed by atoms with E-state index in [9.17, 15) is 0 Å². The number of aryl methyl sites for hydroxylation is 1. The molecule has 1 aromatic carbocycles. The topological polar surface area (TPSA) is 72.3 Å². The lowest BCUT2D eigenvalue weighted by Gasteiger charge is -2.02. The third-order valence-electron chi connectivity index (χ3n) is 3.32. The van der Waals surface area contributed by atoms with Gasteiger partial charge in [0.05, 0.1) is 23.7 Å². The predicted molar refractivity (Wildman–Crippen MR) is 82.0 cm³/mol. The van der Waals surface area contributed by atoms with Crippen LogP contribution in [0.4, 0.5) is 0 Å². The molecule has 4 aromatic rings. The van der Waals surface area contributed by atoms with E-state index >= 15 is 0 Å². The zero-order valence-corrected chi connectivity index (χ0v) is 12.1. The number of aromatic amines is 1. The Labute approximate surface area is 124 Å².